The number of hydrogen-bond acceptors (Lipinski definition) is 4. The standard InChI is InChI=1S/C23H17NO2S2/c25-21(26)20-22(27-16-24-20)28-23(17-10-4-1-5-11-17,18-12-6-2-7-13-18)19-14-8-3-9-15-19/h1-16H,(H,25,26). The molecule has 3 nitrogen and oxygen atoms in total. The number of carboxylic acid groups (broad SMARTS) is 1. The van der Waals surface area contributed by atoms with Crippen LogP contribution in [0.2, 0.25) is 0 Å². The second-order valence-corrected chi connectivity index (χ2v) is 8.51. The lowest BCUT2D eigenvalue weighted by atomic mass is 9.84. The Balaban J connectivity index is 2.01. The van der Waals surface area contributed by atoms with Crippen molar-refractivity contribution in [3.8, 4) is 0 Å². The molecule has 0 saturated carbocycles. The van der Waals surface area contributed by atoms with Crippen molar-refractivity contribution in [2.75, 3.05) is 0 Å². The van der Waals surface area contributed by atoms with Crippen molar-refractivity contribution in [3.63, 3.8) is 0 Å². The zero-order valence-electron chi connectivity index (χ0n) is 14.9. The van der Waals surface area contributed by atoms with Crippen LogP contribution in [0.4, 0.5) is 0 Å². The zero-order chi connectivity index (χ0) is 19.4. The molecule has 1 heterocycles. The molecule has 4 rings (SSSR count). The van der Waals surface area contributed by atoms with Crippen LogP contribution in [0, 0.1) is 0 Å². The van der Waals surface area contributed by atoms with Gasteiger partial charge in [0.1, 0.15) is 0 Å². The summed E-state index contributed by atoms with van der Waals surface area (Å²) in [7, 11) is 0. The topological polar surface area (TPSA) is 50.2 Å². The first kappa shape index (κ1) is 18.5. The van der Waals surface area contributed by atoms with E-state index in [2.05, 4.69) is 41.4 Å². The summed E-state index contributed by atoms with van der Waals surface area (Å²) in [6.07, 6.45) is 0. The fourth-order valence-electron chi connectivity index (χ4n) is 3.28. The summed E-state index contributed by atoms with van der Waals surface area (Å²) in [5.74, 6) is -1.01. The van der Waals surface area contributed by atoms with E-state index in [0.717, 1.165) is 16.7 Å². The number of aromatic nitrogens is 1. The average molecular weight is 404 g/mol. The van der Waals surface area contributed by atoms with Gasteiger partial charge < -0.3 is 5.11 Å². The van der Waals surface area contributed by atoms with E-state index in [-0.39, 0.29) is 5.69 Å². The molecule has 1 aromatic heterocycles. The summed E-state index contributed by atoms with van der Waals surface area (Å²) in [6, 6.07) is 30.6. The normalized spacial score (nSPS) is 11.3. The first-order valence-corrected chi connectivity index (χ1v) is 10.4. The summed E-state index contributed by atoms with van der Waals surface area (Å²) in [4.78, 5) is 15.8. The van der Waals surface area contributed by atoms with E-state index < -0.39 is 10.7 Å². The molecule has 0 radical (unpaired) electrons. The monoisotopic (exact) mass is 403 g/mol. The Morgan fingerprint density at radius 2 is 1.21 bits per heavy atom. The molecular weight excluding hydrogens is 386 g/mol. The molecule has 0 amide bonds. The Morgan fingerprint density at radius 1 is 0.786 bits per heavy atom. The van der Waals surface area contributed by atoms with Crippen molar-refractivity contribution in [2.24, 2.45) is 0 Å². The molecule has 0 aliphatic heterocycles. The van der Waals surface area contributed by atoms with Crippen LogP contribution < -0.4 is 0 Å². The number of thioether (sulfide) groups is 1. The summed E-state index contributed by atoms with van der Waals surface area (Å²) in [6.45, 7) is 0. The summed E-state index contributed by atoms with van der Waals surface area (Å²) in [5, 5.41) is 9.59. The number of carbonyl (C=O) groups is 1. The Hall–Kier alpha value is -2.89. The number of thiazole rings is 1. The molecule has 0 unspecified atom stereocenters. The van der Waals surface area contributed by atoms with Crippen LogP contribution in [0.3, 0.4) is 0 Å². The largest absolute Gasteiger partial charge is 0.476 e. The van der Waals surface area contributed by atoms with Gasteiger partial charge in [-0.15, -0.1) is 11.3 Å². The zero-order valence-corrected chi connectivity index (χ0v) is 16.5. The third-order valence-electron chi connectivity index (χ3n) is 4.52. The molecule has 0 spiro atoms. The van der Waals surface area contributed by atoms with Crippen LogP contribution in [0.25, 0.3) is 0 Å². The molecule has 28 heavy (non-hydrogen) atoms. The highest BCUT2D eigenvalue weighted by Crippen LogP contribution is 2.53. The maximum atomic E-state index is 11.7. The number of carboxylic acids is 1. The minimum Gasteiger partial charge on any atom is -0.476 e. The van der Waals surface area contributed by atoms with Crippen LogP contribution in [0.15, 0.2) is 101 Å². The summed E-state index contributed by atoms with van der Waals surface area (Å²) >= 11 is 2.89. The minimum atomic E-state index is -1.01. The smallest absolute Gasteiger partial charge is 0.356 e. The van der Waals surface area contributed by atoms with Crippen molar-refractivity contribution in [2.45, 2.75) is 8.96 Å². The molecule has 0 aliphatic rings. The van der Waals surface area contributed by atoms with E-state index in [1.54, 1.807) is 5.51 Å². The Kier molecular flexibility index (Phi) is 5.28. The van der Waals surface area contributed by atoms with Gasteiger partial charge in [0.2, 0.25) is 0 Å². The van der Waals surface area contributed by atoms with Gasteiger partial charge in [-0.25, -0.2) is 9.78 Å². The first-order valence-electron chi connectivity index (χ1n) is 8.74. The SMILES string of the molecule is O=C(O)c1ncsc1SC(c1ccccc1)(c1ccccc1)c1ccccc1. The maximum absolute atomic E-state index is 11.7. The lowest BCUT2D eigenvalue weighted by Gasteiger charge is -2.35. The number of benzene rings is 3. The van der Waals surface area contributed by atoms with E-state index in [1.807, 2.05) is 54.6 Å². The second kappa shape index (κ2) is 8.00. The highest BCUT2D eigenvalue weighted by Gasteiger charge is 2.39. The molecule has 0 bridgehead atoms. The summed E-state index contributed by atoms with van der Waals surface area (Å²) in [5.41, 5.74) is 4.95. The third-order valence-corrected chi connectivity index (χ3v) is 7.07. The Morgan fingerprint density at radius 3 is 1.61 bits per heavy atom. The Bertz CT molecular complexity index is 967. The van der Waals surface area contributed by atoms with E-state index in [9.17, 15) is 9.90 Å². The minimum absolute atomic E-state index is 0.0992. The van der Waals surface area contributed by atoms with Crippen LogP contribution >= 0.6 is 23.1 Å². The molecular formula is C23H17NO2S2. The third kappa shape index (κ3) is 3.35. The second-order valence-electron chi connectivity index (χ2n) is 6.17. The maximum Gasteiger partial charge on any atom is 0.356 e. The molecule has 138 valence electrons. The van der Waals surface area contributed by atoms with Crippen molar-refractivity contribution in [1.29, 1.82) is 0 Å². The molecule has 0 atom stereocenters. The van der Waals surface area contributed by atoms with Gasteiger partial charge in [0, 0.05) is 0 Å². The van der Waals surface area contributed by atoms with E-state index in [1.165, 1.54) is 23.1 Å². The Labute approximate surface area is 171 Å². The van der Waals surface area contributed by atoms with Crippen molar-refractivity contribution < 1.29 is 9.90 Å². The van der Waals surface area contributed by atoms with Gasteiger partial charge in [-0.05, 0) is 16.7 Å². The van der Waals surface area contributed by atoms with Gasteiger partial charge in [0.15, 0.2) is 5.69 Å². The molecule has 5 heteroatoms. The number of hydrogen-bond donors (Lipinski definition) is 1. The van der Waals surface area contributed by atoms with Crippen molar-refractivity contribution in [1.82, 2.24) is 4.98 Å². The van der Waals surface area contributed by atoms with Crippen molar-refractivity contribution in [3.05, 3.63) is 119 Å². The molecule has 0 fully saturated rings. The lowest BCUT2D eigenvalue weighted by molar-refractivity contribution is 0.0687. The van der Waals surface area contributed by atoms with Crippen LogP contribution in [0.1, 0.15) is 27.2 Å². The average Bonchev–Trinajstić information content (AvgIpc) is 3.22. The van der Waals surface area contributed by atoms with Gasteiger partial charge in [0.25, 0.3) is 0 Å². The van der Waals surface area contributed by atoms with Gasteiger partial charge in [-0.1, -0.05) is 103 Å². The molecule has 3 aromatic carbocycles. The van der Waals surface area contributed by atoms with E-state index in [4.69, 9.17) is 0 Å². The quantitative estimate of drug-likeness (QED) is 0.320. The van der Waals surface area contributed by atoms with E-state index in [0.29, 0.717) is 4.21 Å². The highest BCUT2D eigenvalue weighted by molar-refractivity contribution is 8.02. The number of rotatable bonds is 6. The molecule has 0 aliphatic carbocycles. The van der Waals surface area contributed by atoms with Gasteiger partial charge >= 0.3 is 5.97 Å². The van der Waals surface area contributed by atoms with Gasteiger partial charge in [-0.3, -0.25) is 0 Å². The number of nitrogens with zero attached hydrogens (tertiary/aromatic N) is 1. The predicted octanol–water partition coefficient (Wildman–Crippen LogP) is 5.93. The summed E-state index contributed by atoms with van der Waals surface area (Å²) < 4.78 is 0.0876. The van der Waals surface area contributed by atoms with Crippen LogP contribution in [-0.2, 0) is 4.75 Å². The van der Waals surface area contributed by atoms with E-state index >= 15 is 0 Å². The number of aromatic carboxylic acids is 1. The fraction of sp³-hybridized carbons (Fsp3) is 0.0435. The van der Waals surface area contributed by atoms with Crippen molar-refractivity contribution >= 4 is 29.1 Å². The highest BCUT2D eigenvalue weighted by atomic mass is 32.2. The van der Waals surface area contributed by atoms with Crippen LogP contribution in [0.5, 0.6) is 0 Å². The van der Waals surface area contributed by atoms with Crippen LogP contribution in [-0.4, -0.2) is 16.1 Å². The first-order chi connectivity index (χ1) is 13.7. The van der Waals surface area contributed by atoms with Gasteiger partial charge in [0.05, 0.1) is 14.5 Å². The lowest BCUT2D eigenvalue weighted by Crippen LogP contribution is -2.25. The predicted molar refractivity (Wildman–Crippen MR) is 114 cm³/mol. The fourth-order valence-corrected chi connectivity index (χ4v) is 5.76. The molecule has 0 saturated heterocycles. The van der Waals surface area contributed by atoms with Gasteiger partial charge in [-0.2, -0.15) is 0 Å². The molecule has 1 N–H and O–H groups in total. The molecule has 4 aromatic rings.